The minimum Gasteiger partial charge on any atom is -0.493 e. The van der Waals surface area contributed by atoms with Gasteiger partial charge in [-0.3, -0.25) is 0 Å². The van der Waals surface area contributed by atoms with Crippen molar-refractivity contribution >= 4 is 0 Å². The average molecular weight is 221 g/mol. The maximum absolute atomic E-state index is 5.76. The summed E-state index contributed by atoms with van der Waals surface area (Å²) in [6, 6.07) is 7.65. The van der Waals surface area contributed by atoms with Gasteiger partial charge >= 0.3 is 0 Å². The fraction of sp³-hybridized carbons (Fsp3) is 0.385. The van der Waals surface area contributed by atoms with E-state index in [1.165, 1.54) is 0 Å². The van der Waals surface area contributed by atoms with E-state index >= 15 is 0 Å². The maximum atomic E-state index is 5.76. The molecule has 0 radical (unpaired) electrons. The molecule has 1 aromatic carbocycles. The van der Waals surface area contributed by atoms with Crippen molar-refractivity contribution in [3.8, 4) is 11.5 Å². The number of ether oxygens (including phenoxy) is 2. The molecule has 0 fully saturated rings. The number of hydrogen-bond donors (Lipinski definition) is 1. The summed E-state index contributed by atoms with van der Waals surface area (Å²) in [7, 11) is 1.64. The lowest BCUT2D eigenvalue weighted by molar-refractivity contribution is 0.209. The molecule has 3 nitrogen and oxygen atoms in total. The van der Waals surface area contributed by atoms with Gasteiger partial charge in [0.25, 0.3) is 0 Å². The molecule has 1 rings (SSSR count). The standard InChI is InChI=1S/C13H19NO2/c1-4-9-14-10-11(2)16-13-8-6-5-7-12(13)15-3/h4-8,11,14H,1,9-10H2,2-3H3. The second kappa shape index (κ2) is 6.90. The molecule has 16 heavy (non-hydrogen) atoms. The lowest BCUT2D eigenvalue weighted by Crippen LogP contribution is -2.29. The molecule has 0 heterocycles. The molecule has 1 atom stereocenters. The normalized spacial score (nSPS) is 11.9. The van der Waals surface area contributed by atoms with Crippen molar-refractivity contribution in [3.63, 3.8) is 0 Å². The average Bonchev–Trinajstić information content (AvgIpc) is 2.30. The summed E-state index contributed by atoms with van der Waals surface area (Å²) in [5.41, 5.74) is 0. The van der Waals surface area contributed by atoms with Gasteiger partial charge < -0.3 is 14.8 Å². The zero-order valence-corrected chi connectivity index (χ0v) is 9.90. The molecule has 1 unspecified atom stereocenters. The summed E-state index contributed by atoms with van der Waals surface area (Å²) in [4.78, 5) is 0. The van der Waals surface area contributed by atoms with Crippen LogP contribution in [0, 0.1) is 0 Å². The summed E-state index contributed by atoms with van der Waals surface area (Å²) >= 11 is 0. The van der Waals surface area contributed by atoms with Crippen LogP contribution in [-0.4, -0.2) is 26.3 Å². The Labute approximate surface area is 97.1 Å². The van der Waals surface area contributed by atoms with Gasteiger partial charge in [0, 0.05) is 13.1 Å². The molecule has 0 spiro atoms. The van der Waals surface area contributed by atoms with Gasteiger partial charge in [0.15, 0.2) is 11.5 Å². The van der Waals surface area contributed by atoms with Crippen molar-refractivity contribution in [1.82, 2.24) is 5.32 Å². The third-order valence-electron chi connectivity index (χ3n) is 2.12. The third kappa shape index (κ3) is 3.95. The predicted molar refractivity (Wildman–Crippen MR) is 66.2 cm³/mol. The molecule has 3 heteroatoms. The van der Waals surface area contributed by atoms with Gasteiger partial charge in [0.05, 0.1) is 7.11 Å². The fourth-order valence-electron chi connectivity index (χ4n) is 1.36. The highest BCUT2D eigenvalue weighted by Crippen LogP contribution is 2.26. The van der Waals surface area contributed by atoms with Crippen LogP contribution in [0.5, 0.6) is 11.5 Å². The van der Waals surface area contributed by atoms with E-state index in [2.05, 4.69) is 11.9 Å². The number of nitrogens with one attached hydrogen (secondary N) is 1. The lowest BCUT2D eigenvalue weighted by Gasteiger charge is -2.16. The van der Waals surface area contributed by atoms with Gasteiger partial charge in [-0.1, -0.05) is 18.2 Å². The molecule has 0 saturated carbocycles. The largest absolute Gasteiger partial charge is 0.493 e. The smallest absolute Gasteiger partial charge is 0.161 e. The van der Waals surface area contributed by atoms with E-state index in [4.69, 9.17) is 9.47 Å². The van der Waals surface area contributed by atoms with Gasteiger partial charge in [-0.25, -0.2) is 0 Å². The fourth-order valence-corrected chi connectivity index (χ4v) is 1.36. The Balaban J connectivity index is 2.48. The van der Waals surface area contributed by atoms with Crippen LogP contribution in [-0.2, 0) is 0 Å². The van der Waals surface area contributed by atoms with Crippen molar-refractivity contribution in [2.45, 2.75) is 13.0 Å². The SMILES string of the molecule is C=CCNCC(C)Oc1ccccc1OC. The summed E-state index contributed by atoms with van der Waals surface area (Å²) in [5, 5.41) is 3.21. The molecule has 1 N–H and O–H groups in total. The molecule has 0 aromatic heterocycles. The van der Waals surface area contributed by atoms with E-state index in [0.717, 1.165) is 24.6 Å². The number of hydrogen-bond acceptors (Lipinski definition) is 3. The first kappa shape index (κ1) is 12.6. The van der Waals surface area contributed by atoms with Crippen LogP contribution in [0.15, 0.2) is 36.9 Å². The van der Waals surface area contributed by atoms with E-state index in [9.17, 15) is 0 Å². The molecule has 0 aliphatic rings. The zero-order chi connectivity index (χ0) is 11.8. The first-order chi connectivity index (χ1) is 7.77. The van der Waals surface area contributed by atoms with Crippen LogP contribution in [0.3, 0.4) is 0 Å². The topological polar surface area (TPSA) is 30.5 Å². The summed E-state index contributed by atoms with van der Waals surface area (Å²) in [6.07, 6.45) is 1.92. The van der Waals surface area contributed by atoms with Crippen molar-refractivity contribution < 1.29 is 9.47 Å². The Morgan fingerprint density at radius 3 is 2.69 bits per heavy atom. The van der Waals surface area contributed by atoms with Crippen LogP contribution in [0.2, 0.25) is 0 Å². The summed E-state index contributed by atoms with van der Waals surface area (Å²) < 4.78 is 11.0. The minimum absolute atomic E-state index is 0.0937. The first-order valence-corrected chi connectivity index (χ1v) is 5.39. The van der Waals surface area contributed by atoms with E-state index in [0.29, 0.717) is 0 Å². The Hall–Kier alpha value is -1.48. The number of rotatable bonds is 7. The zero-order valence-electron chi connectivity index (χ0n) is 9.90. The summed E-state index contributed by atoms with van der Waals surface area (Å²) in [5.74, 6) is 1.54. The van der Waals surface area contributed by atoms with Gasteiger partial charge in [0.1, 0.15) is 6.10 Å². The number of benzene rings is 1. The van der Waals surface area contributed by atoms with Crippen LogP contribution in [0.25, 0.3) is 0 Å². The molecule has 88 valence electrons. The lowest BCUT2D eigenvalue weighted by atomic mass is 10.3. The first-order valence-electron chi connectivity index (χ1n) is 5.39. The van der Waals surface area contributed by atoms with E-state index in [1.807, 2.05) is 37.3 Å². The second-order valence-corrected chi connectivity index (χ2v) is 3.53. The Morgan fingerprint density at radius 1 is 1.38 bits per heavy atom. The van der Waals surface area contributed by atoms with Crippen LogP contribution < -0.4 is 14.8 Å². The van der Waals surface area contributed by atoms with Gasteiger partial charge in [-0.15, -0.1) is 6.58 Å². The molecular weight excluding hydrogens is 202 g/mol. The molecular formula is C13H19NO2. The molecule has 0 aliphatic heterocycles. The van der Waals surface area contributed by atoms with Crippen LogP contribution in [0.4, 0.5) is 0 Å². The highest BCUT2D eigenvalue weighted by atomic mass is 16.5. The van der Waals surface area contributed by atoms with Crippen molar-refractivity contribution in [1.29, 1.82) is 0 Å². The van der Waals surface area contributed by atoms with E-state index < -0.39 is 0 Å². The Kier molecular flexibility index (Phi) is 5.43. The van der Waals surface area contributed by atoms with Crippen molar-refractivity contribution in [2.24, 2.45) is 0 Å². The van der Waals surface area contributed by atoms with Crippen molar-refractivity contribution in [3.05, 3.63) is 36.9 Å². The summed E-state index contributed by atoms with van der Waals surface area (Å²) in [6.45, 7) is 7.24. The van der Waals surface area contributed by atoms with E-state index in [1.54, 1.807) is 7.11 Å². The van der Waals surface area contributed by atoms with Crippen molar-refractivity contribution in [2.75, 3.05) is 20.2 Å². The molecule has 0 amide bonds. The molecule has 1 aromatic rings. The molecule has 0 bridgehead atoms. The van der Waals surface area contributed by atoms with E-state index in [-0.39, 0.29) is 6.10 Å². The van der Waals surface area contributed by atoms with Crippen LogP contribution in [0.1, 0.15) is 6.92 Å². The predicted octanol–water partition coefficient (Wildman–Crippen LogP) is 2.24. The monoisotopic (exact) mass is 221 g/mol. The molecule has 0 saturated heterocycles. The van der Waals surface area contributed by atoms with Gasteiger partial charge in [0.2, 0.25) is 0 Å². The quantitative estimate of drug-likeness (QED) is 0.566. The van der Waals surface area contributed by atoms with Gasteiger partial charge in [-0.2, -0.15) is 0 Å². The number of methoxy groups -OCH3 is 1. The number of para-hydroxylation sites is 2. The maximum Gasteiger partial charge on any atom is 0.161 e. The molecule has 0 aliphatic carbocycles. The minimum atomic E-state index is 0.0937. The highest BCUT2D eigenvalue weighted by Gasteiger charge is 2.07. The Bertz CT molecular complexity index is 325. The third-order valence-corrected chi connectivity index (χ3v) is 2.12. The van der Waals surface area contributed by atoms with Crippen LogP contribution >= 0.6 is 0 Å². The Morgan fingerprint density at radius 2 is 2.06 bits per heavy atom. The second-order valence-electron chi connectivity index (χ2n) is 3.53. The van der Waals surface area contributed by atoms with Gasteiger partial charge in [-0.05, 0) is 19.1 Å². The highest BCUT2D eigenvalue weighted by molar-refractivity contribution is 5.39.